The molecule has 1 aliphatic rings. The number of fused-ring (bicyclic) bond motifs is 2. The zero-order valence-corrected chi connectivity index (χ0v) is 20.0. The first-order valence-corrected chi connectivity index (χ1v) is 12.6. The lowest BCUT2D eigenvalue weighted by molar-refractivity contribution is 0.121. The van der Waals surface area contributed by atoms with E-state index in [0.29, 0.717) is 29.4 Å². The first kappa shape index (κ1) is 23.0. The predicted octanol–water partition coefficient (Wildman–Crippen LogP) is 2.32. The second-order valence-electron chi connectivity index (χ2n) is 8.51. The number of hydrogen-bond acceptors (Lipinski definition) is 7. The molecule has 0 spiro atoms. The Labute approximate surface area is 201 Å². The fraction of sp³-hybridized carbons (Fsp3) is 0.261. The third kappa shape index (κ3) is 4.38. The average Bonchev–Trinajstić information content (AvgIpc) is 3.52. The number of benzene rings is 2. The SMILES string of the molecule is CC1=C(S(=O)(=O)NCCC(c2nc3ccccc3[nH]2)c2nc3ccc(C(=N)N)cc3[nH]2)C(C)NO1. The molecule has 3 heterocycles. The lowest BCUT2D eigenvalue weighted by Gasteiger charge is -2.14. The van der Waals surface area contributed by atoms with Crippen molar-refractivity contribution in [3.05, 3.63) is 70.3 Å². The van der Waals surface area contributed by atoms with Gasteiger partial charge in [-0.2, -0.15) is 0 Å². The Morgan fingerprint density at radius 3 is 2.49 bits per heavy atom. The van der Waals surface area contributed by atoms with Crippen molar-refractivity contribution < 1.29 is 13.3 Å². The Balaban J connectivity index is 1.47. The topological polar surface area (TPSA) is 175 Å². The van der Waals surface area contributed by atoms with Crippen LogP contribution >= 0.6 is 0 Å². The first-order chi connectivity index (χ1) is 16.7. The van der Waals surface area contributed by atoms with Gasteiger partial charge in [0.15, 0.2) is 0 Å². The van der Waals surface area contributed by atoms with E-state index in [1.165, 1.54) is 0 Å². The molecule has 182 valence electrons. The van der Waals surface area contributed by atoms with E-state index in [4.69, 9.17) is 25.9 Å². The smallest absolute Gasteiger partial charge is 0.241 e. The summed E-state index contributed by atoms with van der Waals surface area (Å²) in [6.07, 6.45) is 0.396. The molecular formula is C23H26N8O3S. The first-order valence-electron chi connectivity index (χ1n) is 11.1. The van der Waals surface area contributed by atoms with E-state index in [9.17, 15) is 8.42 Å². The number of hydrogen-bond donors (Lipinski definition) is 6. The zero-order valence-electron chi connectivity index (χ0n) is 19.2. The number of aromatic nitrogens is 4. The van der Waals surface area contributed by atoms with E-state index >= 15 is 0 Å². The van der Waals surface area contributed by atoms with Crippen LogP contribution in [0, 0.1) is 5.41 Å². The highest BCUT2D eigenvalue weighted by Gasteiger charge is 2.32. The molecule has 0 saturated carbocycles. The largest absolute Gasteiger partial charge is 0.412 e. The van der Waals surface area contributed by atoms with Gasteiger partial charge in [0, 0.05) is 12.1 Å². The van der Waals surface area contributed by atoms with Crippen LogP contribution in [0.5, 0.6) is 0 Å². The van der Waals surface area contributed by atoms with Gasteiger partial charge in [-0.25, -0.2) is 23.1 Å². The van der Waals surface area contributed by atoms with Crippen molar-refractivity contribution >= 4 is 37.9 Å². The van der Waals surface area contributed by atoms with Gasteiger partial charge >= 0.3 is 0 Å². The molecule has 2 unspecified atom stereocenters. The standard InChI is InChI=1S/C23H26N8O3S/c1-12-20(13(2)34-31-12)35(32,33)26-10-9-15(22-27-16-5-3-4-6-17(16)28-22)23-29-18-8-7-14(21(24)25)11-19(18)30-23/h3-8,11-12,15,26,31H,9-10H2,1-2H3,(H3,24,25)(H,27,28)(H,29,30). The molecule has 7 N–H and O–H groups in total. The molecular weight excluding hydrogens is 468 g/mol. The molecule has 2 aromatic carbocycles. The molecule has 4 aromatic rings. The minimum atomic E-state index is -3.74. The number of H-pyrrole nitrogens is 2. The fourth-order valence-electron chi connectivity index (χ4n) is 4.33. The number of hydroxylamine groups is 1. The maximum atomic E-state index is 12.9. The molecule has 0 fully saturated rings. The van der Waals surface area contributed by atoms with Gasteiger partial charge in [-0.3, -0.25) is 5.41 Å². The number of nitrogens with one attached hydrogen (secondary N) is 5. The molecule has 0 radical (unpaired) electrons. The quantitative estimate of drug-likeness (QED) is 0.161. The minimum Gasteiger partial charge on any atom is -0.412 e. The Kier molecular flexibility index (Phi) is 5.79. The van der Waals surface area contributed by atoms with Gasteiger partial charge in [-0.15, -0.1) is 5.48 Å². The van der Waals surface area contributed by atoms with Crippen molar-refractivity contribution in [1.29, 1.82) is 5.41 Å². The number of amidine groups is 1. The highest BCUT2D eigenvalue weighted by atomic mass is 32.2. The summed E-state index contributed by atoms with van der Waals surface area (Å²) in [5.74, 6) is 1.26. The number of nitrogens with two attached hydrogens (primary N) is 1. The molecule has 35 heavy (non-hydrogen) atoms. The molecule has 12 heteroatoms. The molecule has 2 aromatic heterocycles. The van der Waals surface area contributed by atoms with Crippen LogP contribution in [0.15, 0.2) is 53.1 Å². The maximum absolute atomic E-state index is 12.9. The summed E-state index contributed by atoms with van der Waals surface area (Å²) in [6, 6.07) is 12.6. The third-order valence-electron chi connectivity index (χ3n) is 6.02. The number of nitrogens with zero attached hydrogens (tertiary/aromatic N) is 2. The van der Waals surface area contributed by atoms with Crippen molar-refractivity contribution in [3.8, 4) is 0 Å². The van der Waals surface area contributed by atoms with Crippen LogP contribution in [0.3, 0.4) is 0 Å². The summed E-state index contributed by atoms with van der Waals surface area (Å²) >= 11 is 0. The molecule has 11 nitrogen and oxygen atoms in total. The maximum Gasteiger partial charge on any atom is 0.241 e. The van der Waals surface area contributed by atoms with Gasteiger partial charge in [-0.1, -0.05) is 12.1 Å². The third-order valence-corrected chi connectivity index (χ3v) is 7.83. The van der Waals surface area contributed by atoms with Gasteiger partial charge in [0.2, 0.25) is 10.0 Å². The number of allylic oxidation sites excluding steroid dienone is 1. The average molecular weight is 495 g/mol. The number of rotatable bonds is 8. The minimum absolute atomic E-state index is 0.0319. The Bertz CT molecular complexity index is 1540. The van der Waals surface area contributed by atoms with Crippen molar-refractivity contribution in [2.45, 2.75) is 32.2 Å². The van der Waals surface area contributed by atoms with Crippen LogP contribution in [0.4, 0.5) is 0 Å². The fourth-order valence-corrected chi connectivity index (χ4v) is 5.80. The number of nitrogen functional groups attached to an aromatic ring is 1. The van der Waals surface area contributed by atoms with Gasteiger partial charge in [0.05, 0.1) is 34.0 Å². The Hall–Kier alpha value is -3.74. The number of imidazole rings is 2. The van der Waals surface area contributed by atoms with Crippen molar-refractivity contribution in [1.82, 2.24) is 30.1 Å². The van der Waals surface area contributed by atoms with Crippen LogP contribution in [-0.4, -0.2) is 46.8 Å². The molecule has 0 bridgehead atoms. The highest BCUT2D eigenvalue weighted by Crippen LogP contribution is 2.28. The van der Waals surface area contributed by atoms with E-state index in [0.717, 1.165) is 22.1 Å². The van der Waals surface area contributed by atoms with Crippen LogP contribution in [0.2, 0.25) is 0 Å². The summed E-state index contributed by atoms with van der Waals surface area (Å²) in [5.41, 5.74) is 12.0. The molecule has 2 atom stereocenters. The zero-order chi connectivity index (χ0) is 24.7. The Morgan fingerprint density at radius 1 is 1.14 bits per heavy atom. The van der Waals surface area contributed by atoms with Gasteiger partial charge in [0.25, 0.3) is 0 Å². The van der Waals surface area contributed by atoms with E-state index in [1.807, 2.05) is 24.3 Å². The van der Waals surface area contributed by atoms with Crippen LogP contribution in [0.25, 0.3) is 22.1 Å². The second kappa shape index (κ2) is 8.80. The van der Waals surface area contributed by atoms with Crippen molar-refractivity contribution in [3.63, 3.8) is 0 Å². The van der Waals surface area contributed by atoms with Gasteiger partial charge < -0.3 is 20.5 Å². The number of para-hydroxylation sites is 2. The summed E-state index contributed by atoms with van der Waals surface area (Å²) in [7, 11) is -3.74. The normalized spacial score (nSPS) is 17.3. The molecule has 5 rings (SSSR count). The molecule has 0 amide bonds. The summed E-state index contributed by atoms with van der Waals surface area (Å²) in [6.45, 7) is 3.50. The molecule has 0 aliphatic carbocycles. The van der Waals surface area contributed by atoms with Crippen molar-refractivity contribution in [2.24, 2.45) is 5.73 Å². The van der Waals surface area contributed by atoms with Crippen LogP contribution < -0.4 is 15.9 Å². The van der Waals surface area contributed by atoms with Crippen LogP contribution in [0.1, 0.15) is 43.4 Å². The summed E-state index contributed by atoms with van der Waals surface area (Å²) in [5, 5.41) is 7.69. The van der Waals surface area contributed by atoms with Crippen LogP contribution in [-0.2, 0) is 14.9 Å². The number of sulfonamides is 1. The lowest BCUT2D eigenvalue weighted by atomic mass is 10.0. The predicted molar refractivity (Wildman–Crippen MR) is 133 cm³/mol. The van der Waals surface area contributed by atoms with Gasteiger partial charge in [-0.05, 0) is 50.6 Å². The van der Waals surface area contributed by atoms with Gasteiger partial charge in [0.1, 0.15) is 28.1 Å². The van der Waals surface area contributed by atoms with Crippen molar-refractivity contribution in [2.75, 3.05) is 6.54 Å². The number of aromatic amines is 2. The van der Waals surface area contributed by atoms with E-state index in [-0.39, 0.29) is 23.2 Å². The molecule has 0 saturated heterocycles. The van der Waals surface area contributed by atoms with E-state index in [1.54, 1.807) is 32.0 Å². The van der Waals surface area contributed by atoms with E-state index < -0.39 is 16.1 Å². The van der Waals surface area contributed by atoms with E-state index in [2.05, 4.69) is 20.2 Å². The summed E-state index contributed by atoms with van der Waals surface area (Å²) in [4.78, 5) is 21.5. The second-order valence-corrected chi connectivity index (χ2v) is 10.2. The summed E-state index contributed by atoms with van der Waals surface area (Å²) < 4.78 is 28.5. The highest BCUT2D eigenvalue weighted by molar-refractivity contribution is 7.93. The Morgan fingerprint density at radius 2 is 1.83 bits per heavy atom. The lowest BCUT2D eigenvalue weighted by Crippen LogP contribution is -2.33. The molecule has 1 aliphatic heterocycles. The monoisotopic (exact) mass is 494 g/mol.